The molecule has 2 N–H and O–H groups in total. The van der Waals surface area contributed by atoms with Crippen molar-refractivity contribution in [3.05, 3.63) is 42.0 Å². The Morgan fingerprint density at radius 2 is 1.95 bits per heavy atom. The van der Waals surface area contributed by atoms with Crippen molar-refractivity contribution in [3.63, 3.8) is 0 Å². The van der Waals surface area contributed by atoms with Crippen molar-refractivity contribution >= 4 is 11.5 Å². The van der Waals surface area contributed by atoms with Gasteiger partial charge in [0, 0.05) is 12.5 Å². The van der Waals surface area contributed by atoms with Gasteiger partial charge in [0.15, 0.2) is 6.54 Å². The van der Waals surface area contributed by atoms with E-state index in [0.717, 1.165) is 19.5 Å². The minimum absolute atomic E-state index is 0.169. The fourth-order valence-electron chi connectivity index (χ4n) is 2.56. The maximum absolute atomic E-state index is 12.0. The number of hydrogen-bond donors (Lipinski definition) is 2. The van der Waals surface area contributed by atoms with Gasteiger partial charge in [0.05, 0.1) is 13.1 Å². The summed E-state index contributed by atoms with van der Waals surface area (Å²) in [6.07, 6.45) is 3.33. The Morgan fingerprint density at radius 1 is 1.24 bits per heavy atom. The van der Waals surface area contributed by atoms with E-state index in [1.54, 1.807) is 0 Å². The molecule has 0 spiro atoms. The summed E-state index contributed by atoms with van der Waals surface area (Å²) in [5, 5.41) is 3.09. The van der Waals surface area contributed by atoms with E-state index in [9.17, 15) is 4.79 Å². The maximum atomic E-state index is 12.0. The van der Waals surface area contributed by atoms with E-state index < -0.39 is 0 Å². The van der Waals surface area contributed by atoms with Crippen LogP contribution in [0.4, 0.5) is 0 Å². The third-order valence-electron chi connectivity index (χ3n) is 4.33. The van der Waals surface area contributed by atoms with Gasteiger partial charge in [-0.15, -0.1) is 0 Å². The molecule has 3 heteroatoms. The fourth-order valence-corrected chi connectivity index (χ4v) is 2.56. The molecule has 1 aliphatic heterocycles. The standard InChI is InChI=1S/C18H26N2O/c1-14(2)15(3)19-18(21)13-20-11-9-17(10-12-20)16-7-5-4-6-8-16/h4-9,14-15H,10-13H2,1-3H3,(H,19,21)/p+1/t15-/m0/s1. The van der Waals surface area contributed by atoms with Gasteiger partial charge >= 0.3 is 0 Å². The molecule has 0 saturated heterocycles. The van der Waals surface area contributed by atoms with E-state index in [2.05, 4.69) is 56.4 Å². The first-order chi connectivity index (χ1) is 10.1. The van der Waals surface area contributed by atoms with Crippen LogP contribution < -0.4 is 10.2 Å². The Labute approximate surface area is 128 Å². The van der Waals surface area contributed by atoms with Crippen molar-refractivity contribution in [2.45, 2.75) is 33.2 Å². The molecule has 114 valence electrons. The van der Waals surface area contributed by atoms with Crippen molar-refractivity contribution in [2.75, 3.05) is 19.6 Å². The van der Waals surface area contributed by atoms with Gasteiger partial charge in [-0.25, -0.2) is 0 Å². The van der Waals surface area contributed by atoms with Gasteiger partial charge in [0.2, 0.25) is 0 Å². The normalized spacial score (nSPS) is 20.0. The van der Waals surface area contributed by atoms with Crippen molar-refractivity contribution in [2.24, 2.45) is 5.92 Å². The lowest BCUT2D eigenvalue weighted by Crippen LogP contribution is -3.13. The lowest BCUT2D eigenvalue weighted by molar-refractivity contribution is -0.886. The molecule has 0 bridgehead atoms. The van der Waals surface area contributed by atoms with Gasteiger partial charge in [-0.1, -0.05) is 44.2 Å². The Bertz CT molecular complexity index is 493. The molecule has 2 atom stereocenters. The minimum atomic E-state index is 0.169. The average molecular weight is 287 g/mol. The predicted molar refractivity (Wildman–Crippen MR) is 87.0 cm³/mol. The summed E-state index contributed by atoms with van der Waals surface area (Å²) in [5.74, 6) is 0.651. The molecule has 0 radical (unpaired) electrons. The number of carbonyl (C=O) groups excluding carboxylic acids is 1. The molecular formula is C18H27N2O+. The van der Waals surface area contributed by atoms with E-state index in [-0.39, 0.29) is 11.9 Å². The molecule has 1 aliphatic rings. The first-order valence-electron chi connectivity index (χ1n) is 7.93. The quantitative estimate of drug-likeness (QED) is 0.846. The van der Waals surface area contributed by atoms with E-state index in [4.69, 9.17) is 0 Å². The molecule has 0 aromatic heterocycles. The smallest absolute Gasteiger partial charge is 0.275 e. The summed E-state index contributed by atoms with van der Waals surface area (Å²) >= 11 is 0. The van der Waals surface area contributed by atoms with Gasteiger partial charge < -0.3 is 10.2 Å². The zero-order chi connectivity index (χ0) is 15.2. The highest BCUT2D eigenvalue weighted by Gasteiger charge is 2.20. The van der Waals surface area contributed by atoms with Crippen LogP contribution >= 0.6 is 0 Å². The van der Waals surface area contributed by atoms with Crippen molar-refractivity contribution in [3.8, 4) is 0 Å². The van der Waals surface area contributed by atoms with Crippen molar-refractivity contribution < 1.29 is 9.69 Å². The number of quaternary nitrogens is 1. The molecule has 1 unspecified atom stereocenters. The highest BCUT2D eigenvalue weighted by atomic mass is 16.2. The number of rotatable bonds is 5. The van der Waals surface area contributed by atoms with Gasteiger partial charge in [-0.2, -0.15) is 0 Å². The van der Waals surface area contributed by atoms with Crippen LogP contribution in [0.1, 0.15) is 32.8 Å². The van der Waals surface area contributed by atoms with Crippen LogP contribution in [0.5, 0.6) is 0 Å². The van der Waals surface area contributed by atoms with Gasteiger partial charge in [-0.3, -0.25) is 4.79 Å². The van der Waals surface area contributed by atoms with Crippen LogP contribution in [0.25, 0.3) is 5.57 Å². The van der Waals surface area contributed by atoms with Gasteiger partial charge in [0.1, 0.15) is 0 Å². The molecule has 1 amide bonds. The predicted octanol–water partition coefficient (Wildman–Crippen LogP) is 1.52. The van der Waals surface area contributed by atoms with Gasteiger partial charge in [-0.05, 0) is 30.1 Å². The third-order valence-corrected chi connectivity index (χ3v) is 4.33. The molecule has 0 fully saturated rings. The molecule has 0 saturated carbocycles. The zero-order valence-electron chi connectivity index (χ0n) is 13.4. The van der Waals surface area contributed by atoms with Crippen LogP contribution in [0, 0.1) is 5.92 Å². The third kappa shape index (κ3) is 4.71. The van der Waals surface area contributed by atoms with Crippen LogP contribution in [0.3, 0.4) is 0 Å². The summed E-state index contributed by atoms with van der Waals surface area (Å²) in [6, 6.07) is 10.8. The molecule has 1 aromatic carbocycles. The van der Waals surface area contributed by atoms with E-state index in [1.165, 1.54) is 16.0 Å². The van der Waals surface area contributed by atoms with Crippen molar-refractivity contribution in [1.82, 2.24) is 5.32 Å². The lowest BCUT2D eigenvalue weighted by atomic mass is 9.99. The summed E-state index contributed by atoms with van der Waals surface area (Å²) in [4.78, 5) is 13.4. The van der Waals surface area contributed by atoms with E-state index in [0.29, 0.717) is 12.5 Å². The molecule has 0 aliphatic carbocycles. The Kier molecular flexibility index (Phi) is 5.57. The second kappa shape index (κ2) is 7.41. The molecular weight excluding hydrogens is 260 g/mol. The first-order valence-corrected chi connectivity index (χ1v) is 7.93. The van der Waals surface area contributed by atoms with Crippen LogP contribution in [-0.2, 0) is 4.79 Å². The Morgan fingerprint density at radius 3 is 2.52 bits per heavy atom. The second-order valence-electron chi connectivity index (χ2n) is 6.33. The molecule has 1 aromatic rings. The highest BCUT2D eigenvalue weighted by Crippen LogP contribution is 2.17. The molecule has 3 nitrogen and oxygen atoms in total. The summed E-state index contributed by atoms with van der Waals surface area (Å²) < 4.78 is 0. The zero-order valence-corrected chi connectivity index (χ0v) is 13.4. The number of benzene rings is 1. The molecule has 21 heavy (non-hydrogen) atoms. The second-order valence-corrected chi connectivity index (χ2v) is 6.33. The SMILES string of the molecule is CC(C)[C@H](C)NC(=O)C[NH+]1CC=C(c2ccccc2)CC1. The summed E-state index contributed by atoms with van der Waals surface area (Å²) in [5.41, 5.74) is 2.73. The highest BCUT2D eigenvalue weighted by molar-refractivity contribution is 5.77. The number of carbonyl (C=O) groups is 1. The fraction of sp³-hybridized carbons (Fsp3) is 0.500. The number of hydrogen-bond acceptors (Lipinski definition) is 1. The van der Waals surface area contributed by atoms with E-state index in [1.807, 2.05) is 6.07 Å². The largest absolute Gasteiger partial charge is 0.348 e. The van der Waals surface area contributed by atoms with Crippen LogP contribution in [-0.4, -0.2) is 31.6 Å². The van der Waals surface area contributed by atoms with Crippen molar-refractivity contribution in [1.29, 1.82) is 0 Å². The topological polar surface area (TPSA) is 33.5 Å². The summed E-state index contributed by atoms with van der Waals surface area (Å²) in [6.45, 7) is 8.89. The van der Waals surface area contributed by atoms with Crippen LogP contribution in [0.15, 0.2) is 36.4 Å². The first kappa shape index (κ1) is 15.8. The summed E-state index contributed by atoms with van der Waals surface area (Å²) in [7, 11) is 0. The lowest BCUT2D eigenvalue weighted by Gasteiger charge is -2.24. The number of nitrogens with one attached hydrogen (secondary N) is 2. The maximum Gasteiger partial charge on any atom is 0.275 e. The van der Waals surface area contributed by atoms with Crippen LogP contribution in [0.2, 0.25) is 0 Å². The monoisotopic (exact) mass is 287 g/mol. The molecule has 1 heterocycles. The number of amides is 1. The average Bonchev–Trinajstić information content (AvgIpc) is 2.48. The van der Waals surface area contributed by atoms with Gasteiger partial charge in [0.25, 0.3) is 5.91 Å². The Hall–Kier alpha value is -1.61. The molecule has 2 rings (SSSR count). The minimum Gasteiger partial charge on any atom is -0.348 e. The van der Waals surface area contributed by atoms with E-state index >= 15 is 0 Å². The Balaban J connectivity index is 1.84.